The molecule has 0 N–H and O–H groups in total. The van der Waals surface area contributed by atoms with Crippen LogP contribution in [0.2, 0.25) is 10.0 Å². The Hall–Kier alpha value is -0.250. The predicted molar refractivity (Wildman–Crippen MR) is 58.8 cm³/mol. The van der Waals surface area contributed by atoms with E-state index in [1.807, 2.05) is 0 Å². The van der Waals surface area contributed by atoms with Gasteiger partial charge in [0.2, 0.25) is 0 Å². The van der Waals surface area contributed by atoms with Gasteiger partial charge in [-0.05, 0) is 26.0 Å². The molecule has 0 unspecified atom stereocenters. The van der Waals surface area contributed by atoms with Gasteiger partial charge in [-0.15, -0.1) is 0 Å². The summed E-state index contributed by atoms with van der Waals surface area (Å²) in [5.74, 6) is 0. The van der Waals surface area contributed by atoms with E-state index < -0.39 is 15.1 Å². The first-order valence-electron chi connectivity index (χ1n) is 4.05. The lowest BCUT2D eigenvalue weighted by Crippen LogP contribution is -2.14. The predicted octanol–water partition coefficient (Wildman–Crippen LogP) is 3.18. The third-order valence-corrected chi connectivity index (χ3v) is 4.97. The van der Waals surface area contributed by atoms with Gasteiger partial charge >= 0.3 is 0 Å². The van der Waals surface area contributed by atoms with Gasteiger partial charge in [0.1, 0.15) is 0 Å². The fourth-order valence-corrected chi connectivity index (χ4v) is 2.77. The number of sulfone groups is 1. The van der Waals surface area contributed by atoms with Gasteiger partial charge in [0.15, 0.2) is 9.84 Å². The first-order chi connectivity index (χ1) is 6.37. The average molecular weight is 253 g/mol. The molecule has 0 saturated heterocycles. The van der Waals surface area contributed by atoms with Crippen molar-refractivity contribution < 1.29 is 8.42 Å². The van der Waals surface area contributed by atoms with Gasteiger partial charge in [0.05, 0.1) is 20.2 Å². The highest BCUT2D eigenvalue weighted by molar-refractivity contribution is 7.92. The molecule has 0 spiro atoms. The summed E-state index contributed by atoms with van der Waals surface area (Å²) in [6.45, 7) is 3.21. The van der Waals surface area contributed by atoms with Crippen LogP contribution in [-0.2, 0) is 9.84 Å². The smallest absolute Gasteiger partial charge is 0.182 e. The molecule has 2 nitrogen and oxygen atoms in total. The molecule has 0 saturated carbocycles. The molecule has 5 heteroatoms. The highest BCUT2D eigenvalue weighted by Crippen LogP contribution is 2.30. The van der Waals surface area contributed by atoms with Crippen molar-refractivity contribution >= 4 is 33.0 Å². The number of rotatable bonds is 2. The molecule has 1 rings (SSSR count). The second kappa shape index (κ2) is 4.09. The van der Waals surface area contributed by atoms with Gasteiger partial charge in [-0.3, -0.25) is 0 Å². The van der Waals surface area contributed by atoms with Crippen LogP contribution in [0.5, 0.6) is 0 Å². The quantitative estimate of drug-likeness (QED) is 0.811. The van der Waals surface area contributed by atoms with Gasteiger partial charge in [-0.1, -0.05) is 29.3 Å². The summed E-state index contributed by atoms with van der Waals surface area (Å²) >= 11 is 11.5. The summed E-state index contributed by atoms with van der Waals surface area (Å²) in [4.78, 5) is 0.0988. The molecule has 0 aliphatic carbocycles. The van der Waals surface area contributed by atoms with Crippen molar-refractivity contribution in [1.82, 2.24) is 0 Å². The molecule has 78 valence electrons. The number of halogens is 2. The minimum atomic E-state index is -3.35. The maximum absolute atomic E-state index is 11.8. The van der Waals surface area contributed by atoms with Crippen LogP contribution >= 0.6 is 23.2 Å². The van der Waals surface area contributed by atoms with Crippen LogP contribution in [0.25, 0.3) is 0 Å². The van der Waals surface area contributed by atoms with Crippen LogP contribution in [-0.4, -0.2) is 13.7 Å². The molecule has 0 bridgehead atoms. The molecule has 0 aliphatic heterocycles. The third-order valence-electron chi connectivity index (χ3n) is 1.84. The maximum Gasteiger partial charge on any atom is 0.182 e. The van der Waals surface area contributed by atoms with E-state index in [4.69, 9.17) is 23.2 Å². The largest absolute Gasteiger partial charge is 0.223 e. The Morgan fingerprint density at radius 2 is 1.79 bits per heavy atom. The minimum Gasteiger partial charge on any atom is -0.223 e. The van der Waals surface area contributed by atoms with Gasteiger partial charge in [-0.25, -0.2) is 8.42 Å². The topological polar surface area (TPSA) is 34.1 Å². The van der Waals surface area contributed by atoms with E-state index in [-0.39, 0.29) is 14.9 Å². The van der Waals surface area contributed by atoms with Crippen LogP contribution in [0.3, 0.4) is 0 Å². The molecule has 1 aromatic carbocycles. The summed E-state index contributed by atoms with van der Waals surface area (Å²) in [7, 11) is -3.35. The molecule has 14 heavy (non-hydrogen) atoms. The Bertz CT molecular complexity index is 438. The van der Waals surface area contributed by atoms with E-state index in [9.17, 15) is 8.42 Å². The van der Waals surface area contributed by atoms with E-state index in [0.717, 1.165) is 0 Å². The highest BCUT2D eigenvalue weighted by atomic mass is 35.5. The van der Waals surface area contributed by atoms with Crippen molar-refractivity contribution in [3.05, 3.63) is 28.2 Å². The SMILES string of the molecule is CC(C)S(=O)(=O)c1cccc(Cl)c1Cl. The van der Waals surface area contributed by atoms with Crippen LogP contribution in [0.15, 0.2) is 23.1 Å². The lowest BCUT2D eigenvalue weighted by atomic mass is 10.4. The molecule has 0 amide bonds. The monoisotopic (exact) mass is 252 g/mol. The average Bonchev–Trinajstić information content (AvgIpc) is 2.09. The lowest BCUT2D eigenvalue weighted by Gasteiger charge is -2.09. The Balaban J connectivity index is 3.42. The normalized spacial score (nSPS) is 12.1. The van der Waals surface area contributed by atoms with Crippen LogP contribution < -0.4 is 0 Å². The number of benzene rings is 1. The Morgan fingerprint density at radius 3 is 2.29 bits per heavy atom. The second-order valence-electron chi connectivity index (χ2n) is 3.15. The van der Waals surface area contributed by atoms with Crippen LogP contribution in [0, 0.1) is 0 Å². The zero-order valence-corrected chi connectivity index (χ0v) is 10.1. The first-order valence-corrected chi connectivity index (χ1v) is 6.35. The van der Waals surface area contributed by atoms with Crippen LogP contribution in [0.4, 0.5) is 0 Å². The first kappa shape index (κ1) is 11.8. The lowest BCUT2D eigenvalue weighted by molar-refractivity contribution is 0.587. The van der Waals surface area contributed by atoms with Crippen molar-refractivity contribution in [1.29, 1.82) is 0 Å². The van der Waals surface area contributed by atoms with E-state index in [2.05, 4.69) is 0 Å². The summed E-state index contributed by atoms with van der Waals surface area (Å²) in [5.41, 5.74) is 0. The molecule has 0 heterocycles. The summed E-state index contributed by atoms with van der Waals surface area (Å²) in [6, 6.07) is 4.59. The fourth-order valence-electron chi connectivity index (χ4n) is 0.958. The maximum atomic E-state index is 11.8. The summed E-state index contributed by atoms with van der Waals surface area (Å²) in [5, 5.41) is -0.144. The molecule has 0 aromatic heterocycles. The molecule has 0 atom stereocenters. The van der Waals surface area contributed by atoms with E-state index >= 15 is 0 Å². The number of hydrogen-bond acceptors (Lipinski definition) is 2. The Labute approximate surface area is 93.8 Å². The molecular weight excluding hydrogens is 243 g/mol. The molecule has 1 aromatic rings. The minimum absolute atomic E-state index is 0.0988. The van der Waals surface area contributed by atoms with E-state index in [1.54, 1.807) is 26.0 Å². The van der Waals surface area contributed by atoms with Gasteiger partial charge in [0, 0.05) is 0 Å². The van der Waals surface area contributed by atoms with E-state index in [1.165, 1.54) is 6.07 Å². The molecule has 0 fully saturated rings. The van der Waals surface area contributed by atoms with Crippen molar-refractivity contribution in [3.63, 3.8) is 0 Å². The number of hydrogen-bond donors (Lipinski definition) is 0. The summed E-state index contributed by atoms with van der Waals surface area (Å²) in [6.07, 6.45) is 0. The molecule has 0 radical (unpaired) electrons. The summed E-state index contributed by atoms with van der Waals surface area (Å²) < 4.78 is 23.5. The van der Waals surface area contributed by atoms with Gasteiger partial charge in [-0.2, -0.15) is 0 Å². The molecule has 0 aliphatic rings. The standard InChI is InChI=1S/C9H10Cl2O2S/c1-6(2)14(12,13)8-5-3-4-7(10)9(8)11/h3-6H,1-2H3. The van der Waals surface area contributed by atoms with Gasteiger partial charge in [0.25, 0.3) is 0 Å². The fraction of sp³-hybridized carbons (Fsp3) is 0.333. The van der Waals surface area contributed by atoms with Crippen LogP contribution in [0.1, 0.15) is 13.8 Å². The van der Waals surface area contributed by atoms with Crippen molar-refractivity contribution in [2.45, 2.75) is 24.0 Å². The zero-order chi connectivity index (χ0) is 10.9. The van der Waals surface area contributed by atoms with Crippen molar-refractivity contribution in [2.24, 2.45) is 0 Å². The molecular formula is C9H10Cl2O2S. The van der Waals surface area contributed by atoms with Crippen molar-refractivity contribution in [3.8, 4) is 0 Å². The van der Waals surface area contributed by atoms with E-state index in [0.29, 0.717) is 0 Å². The second-order valence-corrected chi connectivity index (χ2v) is 6.40. The Morgan fingerprint density at radius 1 is 1.21 bits per heavy atom. The Kier molecular flexibility index (Phi) is 3.45. The van der Waals surface area contributed by atoms with Crippen molar-refractivity contribution in [2.75, 3.05) is 0 Å². The third kappa shape index (κ3) is 2.05. The van der Waals surface area contributed by atoms with Gasteiger partial charge < -0.3 is 0 Å². The zero-order valence-electron chi connectivity index (χ0n) is 7.79. The highest BCUT2D eigenvalue weighted by Gasteiger charge is 2.22.